The summed E-state index contributed by atoms with van der Waals surface area (Å²) in [6.07, 6.45) is 0. The quantitative estimate of drug-likeness (QED) is 0.820. The molecule has 0 saturated carbocycles. The van der Waals surface area contributed by atoms with E-state index in [1.807, 2.05) is 7.05 Å². The van der Waals surface area contributed by atoms with E-state index in [0.29, 0.717) is 6.04 Å². The van der Waals surface area contributed by atoms with Gasteiger partial charge in [-0.15, -0.1) is 0 Å². The first-order chi connectivity index (χ1) is 5.66. The summed E-state index contributed by atoms with van der Waals surface area (Å²) in [6.45, 7) is 4.29. The minimum Gasteiger partial charge on any atom is -0.313 e. The molecule has 1 unspecified atom stereocenters. The van der Waals surface area contributed by atoms with Crippen molar-refractivity contribution >= 4 is 15.9 Å². The maximum absolute atomic E-state index is 3.55. The molecule has 1 aromatic carbocycles. The molecule has 0 saturated heterocycles. The van der Waals surface area contributed by atoms with Crippen molar-refractivity contribution in [1.82, 2.24) is 5.32 Å². The second-order valence-corrected chi connectivity index (χ2v) is 3.84. The highest BCUT2D eigenvalue weighted by Gasteiger charge is 2.08. The minimum atomic E-state index is 0.403. The Hall–Kier alpha value is -0.340. The van der Waals surface area contributed by atoms with Crippen molar-refractivity contribution in [2.24, 2.45) is 0 Å². The van der Waals surface area contributed by atoms with E-state index in [2.05, 4.69) is 53.3 Å². The molecule has 0 aliphatic carbocycles. The third-order valence-corrected chi connectivity index (χ3v) is 2.83. The normalized spacial score (nSPS) is 13.0. The third kappa shape index (κ3) is 1.87. The fourth-order valence-electron chi connectivity index (χ4n) is 1.34. The van der Waals surface area contributed by atoms with E-state index in [-0.39, 0.29) is 0 Å². The lowest BCUT2D eigenvalue weighted by atomic mass is 10.0. The van der Waals surface area contributed by atoms with Crippen molar-refractivity contribution in [3.8, 4) is 0 Å². The first-order valence-electron chi connectivity index (χ1n) is 4.09. The zero-order valence-electron chi connectivity index (χ0n) is 7.69. The molecule has 0 aliphatic rings. The fraction of sp³-hybridized carbons (Fsp3) is 0.400. The Balaban J connectivity index is 3.12. The van der Waals surface area contributed by atoms with Gasteiger partial charge in [0.1, 0.15) is 0 Å². The maximum Gasteiger partial charge on any atom is 0.0302 e. The Morgan fingerprint density at radius 1 is 1.42 bits per heavy atom. The average Bonchev–Trinajstić information content (AvgIpc) is 2.03. The summed E-state index contributed by atoms with van der Waals surface area (Å²) in [4.78, 5) is 0. The van der Waals surface area contributed by atoms with Crippen molar-refractivity contribution in [1.29, 1.82) is 0 Å². The SMILES string of the molecule is CNC(C)c1c(C)cccc1Br. The topological polar surface area (TPSA) is 12.0 Å². The van der Waals surface area contributed by atoms with E-state index >= 15 is 0 Å². The van der Waals surface area contributed by atoms with E-state index in [4.69, 9.17) is 0 Å². The van der Waals surface area contributed by atoms with Crippen molar-refractivity contribution in [2.45, 2.75) is 19.9 Å². The molecule has 1 nitrogen and oxygen atoms in total. The van der Waals surface area contributed by atoms with Gasteiger partial charge in [0.05, 0.1) is 0 Å². The molecule has 0 bridgehead atoms. The lowest BCUT2D eigenvalue weighted by molar-refractivity contribution is 0.645. The first kappa shape index (κ1) is 9.75. The second-order valence-electron chi connectivity index (χ2n) is 2.98. The number of rotatable bonds is 2. The summed E-state index contributed by atoms with van der Waals surface area (Å²) in [7, 11) is 1.98. The third-order valence-electron chi connectivity index (χ3n) is 2.14. The maximum atomic E-state index is 3.55. The van der Waals surface area contributed by atoms with Crippen LogP contribution in [0.5, 0.6) is 0 Å². The number of halogens is 1. The first-order valence-corrected chi connectivity index (χ1v) is 4.88. The number of hydrogen-bond donors (Lipinski definition) is 1. The highest BCUT2D eigenvalue weighted by Crippen LogP contribution is 2.25. The van der Waals surface area contributed by atoms with Gasteiger partial charge in [-0.3, -0.25) is 0 Å². The van der Waals surface area contributed by atoms with Crippen molar-refractivity contribution in [3.63, 3.8) is 0 Å². The van der Waals surface area contributed by atoms with E-state index in [1.54, 1.807) is 0 Å². The largest absolute Gasteiger partial charge is 0.313 e. The van der Waals surface area contributed by atoms with Gasteiger partial charge in [0.2, 0.25) is 0 Å². The molecule has 0 spiro atoms. The number of nitrogens with one attached hydrogen (secondary N) is 1. The Kier molecular flexibility index (Phi) is 3.29. The summed E-state index contributed by atoms with van der Waals surface area (Å²) >= 11 is 3.55. The standard InChI is InChI=1S/C10H14BrN/c1-7-5-4-6-9(11)10(7)8(2)12-3/h4-6,8,12H,1-3H3. The Labute approximate surface area is 82.3 Å². The van der Waals surface area contributed by atoms with Crippen molar-refractivity contribution in [2.75, 3.05) is 7.05 Å². The predicted molar refractivity (Wildman–Crippen MR) is 56.4 cm³/mol. The molecule has 2 heteroatoms. The molecular weight excluding hydrogens is 214 g/mol. The zero-order valence-corrected chi connectivity index (χ0v) is 9.27. The molecule has 0 aromatic heterocycles. The van der Waals surface area contributed by atoms with Gasteiger partial charge in [0.25, 0.3) is 0 Å². The highest BCUT2D eigenvalue weighted by atomic mass is 79.9. The monoisotopic (exact) mass is 227 g/mol. The molecule has 1 rings (SSSR count). The summed E-state index contributed by atoms with van der Waals surface area (Å²) in [6, 6.07) is 6.68. The Morgan fingerprint density at radius 3 is 2.58 bits per heavy atom. The van der Waals surface area contributed by atoms with Crippen LogP contribution in [0, 0.1) is 6.92 Å². The van der Waals surface area contributed by atoms with E-state index < -0.39 is 0 Å². The van der Waals surface area contributed by atoms with E-state index in [1.165, 1.54) is 15.6 Å². The molecule has 66 valence electrons. The van der Waals surface area contributed by atoms with E-state index in [0.717, 1.165) is 0 Å². The molecule has 0 radical (unpaired) electrons. The Bertz CT molecular complexity index is 250. The average molecular weight is 228 g/mol. The smallest absolute Gasteiger partial charge is 0.0302 e. The van der Waals surface area contributed by atoms with Crippen LogP contribution in [0.25, 0.3) is 0 Å². The van der Waals surface area contributed by atoms with Gasteiger partial charge in [0, 0.05) is 10.5 Å². The summed E-state index contributed by atoms with van der Waals surface area (Å²) in [5, 5.41) is 3.23. The van der Waals surface area contributed by atoms with Crippen molar-refractivity contribution in [3.05, 3.63) is 33.8 Å². The molecule has 1 N–H and O–H groups in total. The molecule has 0 aliphatic heterocycles. The molecule has 1 aromatic rings. The van der Waals surface area contributed by atoms with Crippen LogP contribution < -0.4 is 5.32 Å². The van der Waals surface area contributed by atoms with Crippen LogP contribution in [0.4, 0.5) is 0 Å². The molecular formula is C10H14BrN. The van der Waals surface area contributed by atoms with Gasteiger partial charge >= 0.3 is 0 Å². The highest BCUT2D eigenvalue weighted by molar-refractivity contribution is 9.10. The van der Waals surface area contributed by atoms with Crippen LogP contribution >= 0.6 is 15.9 Å². The van der Waals surface area contributed by atoms with Gasteiger partial charge in [-0.25, -0.2) is 0 Å². The molecule has 12 heavy (non-hydrogen) atoms. The zero-order chi connectivity index (χ0) is 9.14. The lowest BCUT2D eigenvalue weighted by Crippen LogP contribution is -2.14. The van der Waals surface area contributed by atoms with Crippen LogP contribution in [0.15, 0.2) is 22.7 Å². The molecule has 0 heterocycles. The van der Waals surface area contributed by atoms with Crippen LogP contribution in [-0.4, -0.2) is 7.05 Å². The molecule has 0 fully saturated rings. The van der Waals surface area contributed by atoms with Gasteiger partial charge in [-0.05, 0) is 38.1 Å². The van der Waals surface area contributed by atoms with Crippen LogP contribution in [-0.2, 0) is 0 Å². The molecule has 1 atom stereocenters. The van der Waals surface area contributed by atoms with Gasteiger partial charge in [-0.2, -0.15) is 0 Å². The lowest BCUT2D eigenvalue weighted by Gasteiger charge is -2.15. The number of hydrogen-bond acceptors (Lipinski definition) is 1. The summed E-state index contributed by atoms with van der Waals surface area (Å²) in [5.74, 6) is 0. The summed E-state index contributed by atoms with van der Waals surface area (Å²) in [5.41, 5.74) is 2.67. The van der Waals surface area contributed by atoms with Crippen LogP contribution in [0.1, 0.15) is 24.1 Å². The predicted octanol–water partition coefficient (Wildman–Crippen LogP) is 3.04. The second kappa shape index (κ2) is 4.06. The van der Waals surface area contributed by atoms with Crippen LogP contribution in [0.3, 0.4) is 0 Å². The Morgan fingerprint density at radius 2 is 2.08 bits per heavy atom. The fourth-order valence-corrected chi connectivity index (χ4v) is 2.15. The number of benzene rings is 1. The van der Waals surface area contributed by atoms with Gasteiger partial charge in [-0.1, -0.05) is 28.1 Å². The van der Waals surface area contributed by atoms with Gasteiger partial charge in [0.15, 0.2) is 0 Å². The number of aryl methyl sites for hydroxylation is 1. The van der Waals surface area contributed by atoms with Crippen LogP contribution in [0.2, 0.25) is 0 Å². The minimum absolute atomic E-state index is 0.403. The summed E-state index contributed by atoms with van der Waals surface area (Å²) < 4.78 is 1.18. The van der Waals surface area contributed by atoms with Crippen molar-refractivity contribution < 1.29 is 0 Å². The van der Waals surface area contributed by atoms with E-state index in [9.17, 15) is 0 Å². The van der Waals surface area contributed by atoms with Gasteiger partial charge < -0.3 is 5.32 Å². The molecule has 0 amide bonds.